The Labute approximate surface area is 145 Å². The van der Waals surface area contributed by atoms with Gasteiger partial charge in [0, 0.05) is 30.0 Å². The molecule has 2 heterocycles. The molecule has 0 N–H and O–H groups in total. The number of rotatable bonds is 3. The third-order valence-electron chi connectivity index (χ3n) is 4.75. The van der Waals surface area contributed by atoms with Crippen LogP contribution >= 0.6 is 11.3 Å². The monoisotopic (exact) mass is 341 g/mol. The van der Waals surface area contributed by atoms with Gasteiger partial charge in [0.1, 0.15) is 5.75 Å². The lowest BCUT2D eigenvalue weighted by atomic mass is 9.91. The minimum Gasteiger partial charge on any atom is -0.484 e. The molecule has 24 heavy (non-hydrogen) atoms. The van der Waals surface area contributed by atoms with Crippen LogP contribution < -0.4 is 4.74 Å². The predicted octanol–water partition coefficient (Wildman–Crippen LogP) is 3.23. The summed E-state index contributed by atoms with van der Waals surface area (Å²) in [4.78, 5) is 27.5. The van der Waals surface area contributed by atoms with Gasteiger partial charge in [0.2, 0.25) is 0 Å². The molecule has 0 atom stereocenters. The summed E-state index contributed by atoms with van der Waals surface area (Å²) in [6.45, 7) is 1.49. The summed E-state index contributed by atoms with van der Waals surface area (Å²) in [7, 11) is 0. The maximum atomic E-state index is 12.4. The standard InChI is InChI=1S/C19H19NO3S/c21-17-3-1-2-13-10-15(4-5-16(13)17)23-12-19(22)20-8-6-18-14(11-20)7-9-24-18/h4-5,7,9-10H,1-3,6,8,11-12H2. The average molecular weight is 341 g/mol. The fraction of sp³-hybridized carbons (Fsp3) is 0.368. The quantitative estimate of drug-likeness (QED) is 0.861. The topological polar surface area (TPSA) is 46.6 Å². The fourth-order valence-corrected chi connectivity index (χ4v) is 4.30. The van der Waals surface area contributed by atoms with Crippen molar-refractivity contribution in [3.05, 3.63) is 51.2 Å². The number of fused-ring (bicyclic) bond motifs is 2. The number of benzene rings is 1. The Bertz CT molecular complexity index is 796. The summed E-state index contributed by atoms with van der Waals surface area (Å²) in [5.74, 6) is 0.893. The Morgan fingerprint density at radius 3 is 3.00 bits per heavy atom. The number of carbonyl (C=O) groups is 2. The maximum Gasteiger partial charge on any atom is 0.260 e. The second-order valence-corrected chi connectivity index (χ2v) is 7.32. The molecule has 0 saturated carbocycles. The van der Waals surface area contributed by atoms with Gasteiger partial charge in [0.05, 0.1) is 0 Å². The van der Waals surface area contributed by atoms with Crippen LogP contribution in [0.5, 0.6) is 5.75 Å². The van der Waals surface area contributed by atoms with E-state index in [9.17, 15) is 9.59 Å². The van der Waals surface area contributed by atoms with Crippen molar-refractivity contribution in [1.29, 1.82) is 0 Å². The normalized spacial score (nSPS) is 16.5. The van der Waals surface area contributed by atoms with Crippen molar-refractivity contribution < 1.29 is 14.3 Å². The Hall–Kier alpha value is -2.14. The highest BCUT2D eigenvalue weighted by molar-refractivity contribution is 7.10. The maximum absolute atomic E-state index is 12.4. The molecule has 5 heteroatoms. The molecule has 0 spiro atoms. The molecular weight excluding hydrogens is 322 g/mol. The lowest BCUT2D eigenvalue weighted by molar-refractivity contribution is -0.134. The number of Topliss-reactive ketones (excluding diaryl/α,β-unsaturated/α-hetero) is 1. The van der Waals surface area contributed by atoms with Gasteiger partial charge >= 0.3 is 0 Å². The molecule has 4 rings (SSSR count). The zero-order valence-corrected chi connectivity index (χ0v) is 14.2. The van der Waals surface area contributed by atoms with Gasteiger partial charge in [-0.15, -0.1) is 11.3 Å². The van der Waals surface area contributed by atoms with Gasteiger partial charge in [0.25, 0.3) is 5.91 Å². The first kappa shape index (κ1) is 15.4. The van der Waals surface area contributed by atoms with Crippen LogP contribution in [0.25, 0.3) is 0 Å². The van der Waals surface area contributed by atoms with Crippen molar-refractivity contribution >= 4 is 23.0 Å². The van der Waals surface area contributed by atoms with E-state index in [-0.39, 0.29) is 18.3 Å². The molecule has 1 amide bonds. The van der Waals surface area contributed by atoms with Gasteiger partial charge in [-0.3, -0.25) is 9.59 Å². The van der Waals surface area contributed by atoms with Crippen LogP contribution in [0.2, 0.25) is 0 Å². The van der Waals surface area contributed by atoms with Crippen LogP contribution in [0.1, 0.15) is 39.2 Å². The molecule has 1 aromatic carbocycles. The Balaban J connectivity index is 1.39. The number of hydrogen-bond acceptors (Lipinski definition) is 4. The Morgan fingerprint density at radius 1 is 1.17 bits per heavy atom. The largest absolute Gasteiger partial charge is 0.484 e. The molecule has 0 fully saturated rings. The second-order valence-electron chi connectivity index (χ2n) is 6.32. The number of carbonyl (C=O) groups excluding carboxylic acids is 2. The molecule has 1 aromatic heterocycles. The number of ether oxygens (including phenoxy) is 1. The predicted molar refractivity (Wildman–Crippen MR) is 92.6 cm³/mol. The van der Waals surface area contributed by atoms with Crippen molar-refractivity contribution in [3.8, 4) is 5.75 Å². The SMILES string of the molecule is O=C1CCCc2cc(OCC(=O)N3CCc4sccc4C3)ccc21. The molecule has 1 aliphatic carbocycles. The van der Waals surface area contributed by atoms with Crippen LogP contribution in [0.4, 0.5) is 0 Å². The molecule has 1 aliphatic heterocycles. The first-order chi connectivity index (χ1) is 11.7. The highest BCUT2D eigenvalue weighted by Gasteiger charge is 2.22. The van der Waals surface area contributed by atoms with E-state index in [1.54, 1.807) is 17.4 Å². The summed E-state index contributed by atoms with van der Waals surface area (Å²) in [5, 5.41) is 2.09. The van der Waals surface area contributed by atoms with Crippen LogP contribution in [0.3, 0.4) is 0 Å². The Kier molecular flexibility index (Phi) is 4.10. The third-order valence-corrected chi connectivity index (χ3v) is 5.77. The summed E-state index contributed by atoms with van der Waals surface area (Å²) < 4.78 is 5.69. The van der Waals surface area contributed by atoms with E-state index in [0.717, 1.165) is 36.9 Å². The summed E-state index contributed by atoms with van der Waals surface area (Å²) >= 11 is 1.77. The van der Waals surface area contributed by atoms with Crippen molar-refractivity contribution in [2.75, 3.05) is 13.2 Å². The van der Waals surface area contributed by atoms with Gasteiger partial charge in [-0.2, -0.15) is 0 Å². The van der Waals surface area contributed by atoms with Crippen molar-refractivity contribution in [2.45, 2.75) is 32.2 Å². The lowest BCUT2D eigenvalue weighted by Gasteiger charge is -2.27. The van der Waals surface area contributed by atoms with E-state index in [2.05, 4.69) is 11.4 Å². The molecule has 0 radical (unpaired) electrons. The molecule has 2 aliphatic rings. The van der Waals surface area contributed by atoms with Gasteiger partial charge in [-0.1, -0.05) is 0 Å². The van der Waals surface area contributed by atoms with Crippen molar-refractivity contribution in [2.24, 2.45) is 0 Å². The zero-order valence-electron chi connectivity index (χ0n) is 13.4. The molecule has 2 aromatic rings. The third kappa shape index (κ3) is 2.96. The van der Waals surface area contributed by atoms with E-state index in [4.69, 9.17) is 4.74 Å². The Morgan fingerprint density at radius 2 is 2.08 bits per heavy atom. The van der Waals surface area contributed by atoms with Crippen LogP contribution in [-0.4, -0.2) is 29.7 Å². The average Bonchev–Trinajstić information content (AvgIpc) is 3.07. The number of hydrogen-bond donors (Lipinski definition) is 0. The van der Waals surface area contributed by atoms with E-state index >= 15 is 0 Å². The molecular formula is C19H19NO3S. The van der Waals surface area contributed by atoms with Crippen molar-refractivity contribution in [3.63, 3.8) is 0 Å². The fourth-order valence-electron chi connectivity index (χ4n) is 3.41. The number of nitrogens with zero attached hydrogens (tertiary/aromatic N) is 1. The van der Waals surface area contributed by atoms with Crippen LogP contribution in [-0.2, 0) is 24.2 Å². The molecule has 0 bridgehead atoms. The molecule has 4 nitrogen and oxygen atoms in total. The smallest absolute Gasteiger partial charge is 0.260 e. The van der Waals surface area contributed by atoms with Crippen LogP contribution in [0.15, 0.2) is 29.6 Å². The first-order valence-corrected chi connectivity index (χ1v) is 9.20. The highest BCUT2D eigenvalue weighted by Crippen LogP contribution is 2.26. The van der Waals surface area contributed by atoms with Gasteiger partial charge in [-0.05, 0) is 60.0 Å². The summed E-state index contributed by atoms with van der Waals surface area (Å²) in [6.07, 6.45) is 3.36. The summed E-state index contributed by atoms with van der Waals surface area (Å²) in [6, 6.07) is 7.63. The minimum absolute atomic E-state index is 0.0145. The van der Waals surface area contributed by atoms with Gasteiger partial charge in [0.15, 0.2) is 12.4 Å². The molecule has 0 saturated heterocycles. The van der Waals surface area contributed by atoms with E-state index < -0.39 is 0 Å². The highest BCUT2D eigenvalue weighted by atomic mass is 32.1. The summed E-state index contributed by atoms with van der Waals surface area (Å²) in [5.41, 5.74) is 3.10. The van der Waals surface area contributed by atoms with Crippen LogP contribution in [0, 0.1) is 0 Å². The molecule has 124 valence electrons. The van der Waals surface area contributed by atoms with Gasteiger partial charge in [-0.25, -0.2) is 0 Å². The number of thiophene rings is 1. The first-order valence-electron chi connectivity index (χ1n) is 8.32. The zero-order chi connectivity index (χ0) is 16.5. The van der Waals surface area contributed by atoms with E-state index in [1.165, 1.54) is 10.4 Å². The minimum atomic E-state index is 0.0145. The number of aryl methyl sites for hydroxylation is 1. The molecule has 0 unspecified atom stereocenters. The number of ketones is 1. The second kappa shape index (κ2) is 6.40. The van der Waals surface area contributed by atoms with Gasteiger partial charge < -0.3 is 9.64 Å². The van der Waals surface area contributed by atoms with E-state index in [1.807, 2.05) is 17.0 Å². The lowest BCUT2D eigenvalue weighted by Crippen LogP contribution is -2.38. The van der Waals surface area contributed by atoms with Crippen molar-refractivity contribution in [1.82, 2.24) is 4.90 Å². The number of amides is 1. The van der Waals surface area contributed by atoms with E-state index in [0.29, 0.717) is 18.7 Å².